The third-order valence-electron chi connectivity index (χ3n) is 6.22. The van der Waals surface area contributed by atoms with Crippen LogP contribution in [0.4, 0.5) is 5.69 Å². The number of aromatic nitrogens is 2. The molecule has 0 bridgehead atoms. The van der Waals surface area contributed by atoms with Crippen molar-refractivity contribution < 1.29 is 14.7 Å². The number of nitrogens with one attached hydrogen (secondary N) is 1. The van der Waals surface area contributed by atoms with Crippen molar-refractivity contribution in [1.82, 2.24) is 9.38 Å². The van der Waals surface area contributed by atoms with Crippen LogP contribution in [0.25, 0.3) is 5.65 Å². The maximum Gasteiger partial charge on any atom is 0.274 e. The Hall–Kier alpha value is -2.99. The number of hydrogen-bond donors (Lipinski definition) is 2. The molecule has 2 N–H and O–H groups in total. The largest absolute Gasteiger partial charge is 0.396 e. The first-order valence-electron chi connectivity index (χ1n) is 11.1. The van der Waals surface area contributed by atoms with Crippen LogP contribution in [0.5, 0.6) is 0 Å². The van der Waals surface area contributed by atoms with Crippen LogP contribution in [0.1, 0.15) is 65.8 Å². The van der Waals surface area contributed by atoms with E-state index in [0.717, 1.165) is 6.42 Å². The topological polar surface area (TPSA) is 83.7 Å². The summed E-state index contributed by atoms with van der Waals surface area (Å²) in [5.74, 6) is 0.330. The number of Topliss-reactive ketones (excluding diaryl/α,β-unsaturated/α-hetero) is 1. The molecule has 1 aromatic carbocycles. The molecule has 1 fully saturated rings. The van der Waals surface area contributed by atoms with Crippen LogP contribution in [0, 0.1) is 11.8 Å². The molecular weight excluding hydrogens is 390 g/mol. The lowest BCUT2D eigenvalue weighted by molar-refractivity contribution is 0.0914. The number of carbonyl (C=O) groups excluding carboxylic acids is 2. The minimum Gasteiger partial charge on any atom is -0.396 e. The fourth-order valence-electron chi connectivity index (χ4n) is 4.56. The molecule has 0 unspecified atom stereocenters. The molecule has 0 radical (unpaired) electrons. The van der Waals surface area contributed by atoms with Crippen LogP contribution in [0.2, 0.25) is 0 Å². The molecule has 3 aromatic rings. The Morgan fingerprint density at radius 1 is 1.13 bits per heavy atom. The van der Waals surface area contributed by atoms with E-state index >= 15 is 0 Å². The van der Waals surface area contributed by atoms with Gasteiger partial charge in [0.05, 0.1) is 6.20 Å². The minimum absolute atomic E-state index is 0.000705. The zero-order chi connectivity index (χ0) is 21.6. The van der Waals surface area contributed by atoms with Crippen molar-refractivity contribution in [2.24, 2.45) is 11.8 Å². The number of imidazole rings is 1. The number of rotatable bonds is 8. The van der Waals surface area contributed by atoms with E-state index in [1.165, 1.54) is 38.3 Å². The number of carbonyl (C=O) groups is 2. The summed E-state index contributed by atoms with van der Waals surface area (Å²) < 4.78 is 1.72. The van der Waals surface area contributed by atoms with Gasteiger partial charge in [-0.3, -0.25) is 14.0 Å². The van der Waals surface area contributed by atoms with Gasteiger partial charge < -0.3 is 10.4 Å². The number of amides is 1. The molecule has 2 aromatic heterocycles. The number of aliphatic hydroxyl groups is 1. The second-order valence-electron chi connectivity index (χ2n) is 8.52. The van der Waals surface area contributed by atoms with Gasteiger partial charge in [-0.15, -0.1) is 0 Å². The first kappa shape index (κ1) is 21.2. The number of benzene rings is 1. The monoisotopic (exact) mass is 419 g/mol. The molecule has 6 heteroatoms. The first-order chi connectivity index (χ1) is 15.1. The molecule has 1 atom stereocenters. The van der Waals surface area contributed by atoms with Gasteiger partial charge in [0.25, 0.3) is 5.91 Å². The molecule has 31 heavy (non-hydrogen) atoms. The molecule has 1 amide bonds. The SMILES string of the molecule is O=C(C[C@H](CO)CC1CCCCC1)c1cccc(NC(=O)c2cnc3ccccn23)c1. The number of anilines is 1. The van der Waals surface area contributed by atoms with Crippen molar-refractivity contribution in [2.75, 3.05) is 11.9 Å². The Bertz CT molecular complexity index is 1050. The van der Waals surface area contributed by atoms with Crippen molar-refractivity contribution in [3.63, 3.8) is 0 Å². The number of pyridine rings is 1. The van der Waals surface area contributed by atoms with Gasteiger partial charge in [0, 0.05) is 30.5 Å². The molecule has 2 heterocycles. The third-order valence-corrected chi connectivity index (χ3v) is 6.22. The number of hydrogen-bond acceptors (Lipinski definition) is 4. The lowest BCUT2D eigenvalue weighted by atomic mass is 9.81. The van der Waals surface area contributed by atoms with Gasteiger partial charge in [-0.25, -0.2) is 4.98 Å². The Morgan fingerprint density at radius 3 is 2.77 bits per heavy atom. The zero-order valence-corrected chi connectivity index (χ0v) is 17.7. The van der Waals surface area contributed by atoms with Crippen LogP contribution < -0.4 is 5.32 Å². The summed E-state index contributed by atoms with van der Waals surface area (Å²) in [6.45, 7) is 0.0347. The van der Waals surface area contributed by atoms with E-state index in [2.05, 4.69) is 10.3 Å². The molecule has 1 aliphatic carbocycles. The smallest absolute Gasteiger partial charge is 0.274 e. The quantitative estimate of drug-likeness (QED) is 0.517. The standard InChI is InChI=1S/C25H29N3O3/c29-17-19(13-18-7-2-1-3-8-18)14-23(30)20-9-6-10-21(15-20)27-25(31)22-16-26-24-11-4-5-12-28(22)24/h4-6,9-12,15-16,18-19,29H,1-3,7-8,13-14,17H2,(H,27,31)/t19-/m1/s1. The molecule has 0 aliphatic heterocycles. The van der Waals surface area contributed by atoms with E-state index in [9.17, 15) is 14.7 Å². The van der Waals surface area contributed by atoms with Crippen LogP contribution in [0.15, 0.2) is 54.9 Å². The third kappa shape index (κ3) is 5.20. The number of nitrogens with zero attached hydrogens (tertiary/aromatic N) is 2. The van der Waals surface area contributed by atoms with E-state index in [1.54, 1.807) is 34.9 Å². The summed E-state index contributed by atoms with van der Waals surface area (Å²) in [5.41, 5.74) is 2.25. The zero-order valence-electron chi connectivity index (χ0n) is 17.7. The summed E-state index contributed by atoms with van der Waals surface area (Å²) in [6.07, 6.45) is 10.8. The summed E-state index contributed by atoms with van der Waals surface area (Å²) in [6, 6.07) is 12.6. The Kier molecular flexibility index (Phi) is 6.77. The van der Waals surface area contributed by atoms with Crippen molar-refractivity contribution in [3.8, 4) is 0 Å². The second kappa shape index (κ2) is 9.88. The van der Waals surface area contributed by atoms with Gasteiger partial charge in [-0.1, -0.05) is 50.3 Å². The Morgan fingerprint density at radius 2 is 1.97 bits per heavy atom. The van der Waals surface area contributed by atoms with Gasteiger partial charge in [0.1, 0.15) is 11.3 Å². The lowest BCUT2D eigenvalue weighted by Gasteiger charge is -2.25. The first-order valence-corrected chi connectivity index (χ1v) is 11.1. The van der Waals surface area contributed by atoms with Crippen molar-refractivity contribution in [2.45, 2.75) is 44.9 Å². The molecule has 1 saturated carbocycles. The number of ketones is 1. The predicted octanol–water partition coefficient (Wildman–Crippen LogP) is 4.74. The van der Waals surface area contributed by atoms with Crippen molar-refractivity contribution in [3.05, 3.63) is 66.1 Å². The molecule has 0 saturated heterocycles. The highest BCUT2D eigenvalue weighted by Crippen LogP contribution is 2.30. The summed E-state index contributed by atoms with van der Waals surface area (Å²) in [4.78, 5) is 29.8. The van der Waals surface area contributed by atoms with Crippen LogP contribution in [-0.2, 0) is 0 Å². The van der Waals surface area contributed by atoms with E-state index in [0.29, 0.717) is 34.9 Å². The average Bonchev–Trinajstić information content (AvgIpc) is 3.24. The maximum atomic E-state index is 12.9. The summed E-state index contributed by atoms with van der Waals surface area (Å²) >= 11 is 0. The number of aliphatic hydroxyl groups excluding tert-OH is 1. The number of fused-ring (bicyclic) bond motifs is 1. The average molecular weight is 420 g/mol. The highest BCUT2D eigenvalue weighted by Gasteiger charge is 2.21. The van der Waals surface area contributed by atoms with Gasteiger partial charge in [0.15, 0.2) is 5.78 Å². The lowest BCUT2D eigenvalue weighted by Crippen LogP contribution is -2.19. The molecule has 1 aliphatic rings. The van der Waals surface area contributed by atoms with E-state index in [1.807, 2.05) is 18.2 Å². The van der Waals surface area contributed by atoms with Crippen LogP contribution in [0.3, 0.4) is 0 Å². The van der Waals surface area contributed by atoms with E-state index in [-0.39, 0.29) is 24.2 Å². The van der Waals surface area contributed by atoms with E-state index in [4.69, 9.17) is 0 Å². The normalized spacial score (nSPS) is 15.6. The predicted molar refractivity (Wildman–Crippen MR) is 120 cm³/mol. The van der Waals surface area contributed by atoms with Crippen LogP contribution in [-0.4, -0.2) is 32.8 Å². The van der Waals surface area contributed by atoms with Crippen LogP contribution >= 0.6 is 0 Å². The molecule has 4 rings (SSSR count). The van der Waals surface area contributed by atoms with Gasteiger partial charge in [-0.05, 0) is 42.5 Å². The fourth-order valence-corrected chi connectivity index (χ4v) is 4.56. The Labute approximate surface area is 182 Å². The van der Waals surface area contributed by atoms with Gasteiger partial charge >= 0.3 is 0 Å². The minimum atomic E-state index is -0.283. The van der Waals surface area contributed by atoms with E-state index < -0.39 is 0 Å². The Balaban J connectivity index is 1.41. The molecular formula is C25H29N3O3. The molecule has 6 nitrogen and oxygen atoms in total. The maximum absolute atomic E-state index is 12.9. The van der Waals surface area contributed by atoms with Gasteiger partial charge in [0.2, 0.25) is 0 Å². The van der Waals surface area contributed by atoms with Crippen molar-refractivity contribution in [1.29, 1.82) is 0 Å². The second-order valence-corrected chi connectivity index (χ2v) is 8.52. The van der Waals surface area contributed by atoms with Crippen molar-refractivity contribution >= 4 is 23.0 Å². The molecule has 162 valence electrons. The summed E-state index contributed by atoms with van der Waals surface area (Å²) in [7, 11) is 0. The highest BCUT2D eigenvalue weighted by molar-refractivity contribution is 6.04. The molecule has 0 spiro atoms. The van der Waals surface area contributed by atoms with Gasteiger partial charge in [-0.2, -0.15) is 0 Å². The summed E-state index contributed by atoms with van der Waals surface area (Å²) in [5, 5.41) is 12.7. The highest BCUT2D eigenvalue weighted by atomic mass is 16.3. The fraction of sp³-hybridized carbons (Fsp3) is 0.400.